The summed E-state index contributed by atoms with van der Waals surface area (Å²) in [4.78, 5) is 27.0. The van der Waals surface area contributed by atoms with E-state index in [1.54, 1.807) is 48.2 Å². The van der Waals surface area contributed by atoms with E-state index in [-0.39, 0.29) is 28.2 Å². The summed E-state index contributed by atoms with van der Waals surface area (Å²) in [5, 5.41) is 2.81. The minimum absolute atomic E-state index is 0.0384. The van der Waals surface area contributed by atoms with Crippen LogP contribution in [0, 0.1) is 12.8 Å². The second-order valence-corrected chi connectivity index (χ2v) is 9.45. The molecule has 0 radical (unpaired) electrons. The molecule has 0 saturated carbocycles. The number of likely N-dealkylation sites (tertiary alicyclic amines) is 1. The number of sulfonamides is 1. The molecule has 8 nitrogen and oxygen atoms in total. The summed E-state index contributed by atoms with van der Waals surface area (Å²) in [5.74, 6) is 0.0305. The Labute approximate surface area is 189 Å². The van der Waals surface area contributed by atoms with Crippen LogP contribution in [0.3, 0.4) is 0 Å². The highest BCUT2D eigenvalue weighted by atomic mass is 32.2. The molecule has 2 aromatic carbocycles. The number of rotatable bonds is 7. The number of carbonyl (C=O) groups is 2. The van der Waals surface area contributed by atoms with E-state index in [4.69, 9.17) is 4.74 Å². The maximum atomic E-state index is 13.1. The van der Waals surface area contributed by atoms with Crippen LogP contribution in [-0.2, 0) is 14.8 Å². The molecular formula is C23H29N3O5S. The first-order valence-corrected chi connectivity index (χ1v) is 12.1. The van der Waals surface area contributed by atoms with Gasteiger partial charge < -0.3 is 15.0 Å². The zero-order chi connectivity index (χ0) is 23.3. The van der Waals surface area contributed by atoms with Crippen molar-refractivity contribution in [3.8, 4) is 5.75 Å². The molecule has 9 heteroatoms. The van der Waals surface area contributed by atoms with Crippen LogP contribution in [0.1, 0.15) is 35.7 Å². The highest BCUT2D eigenvalue weighted by Crippen LogP contribution is 2.24. The summed E-state index contributed by atoms with van der Waals surface area (Å²) in [6, 6.07) is 11.2. The van der Waals surface area contributed by atoms with Gasteiger partial charge in [0.1, 0.15) is 5.75 Å². The predicted octanol–water partition coefficient (Wildman–Crippen LogP) is 2.79. The molecule has 2 amide bonds. The number of methoxy groups -OCH3 is 1. The maximum Gasteiger partial charge on any atom is 0.262 e. The minimum Gasteiger partial charge on any atom is -0.497 e. The second kappa shape index (κ2) is 10.0. The van der Waals surface area contributed by atoms with Gasteiger partial charge >= 0.3 is 0 Å². The molecule has 1 saturated heterocycles. The highest BCUT2D eigenvalue weighted by molar-refractivity contribution is 7.92. The first-order chi connectivity index (χ1) is 15.2. The molecule has 1 aliphatic rings. The topological polar surface area (TPSA) is 105 Å². The van der Waals surface area contributed by atoms with Crippen molar-refractivity contribution in [3.05, 3.63) is 53.6 Å². The average Bonchev–Trinajstić information content (AvgIpc) is 2.79. The number of hydrogen-bond donors (Lipinski definition) is 2. The molecule has 1 aliphatic heterocycles. The Balaban J connectivity index is 1.81. The van der Waals surface area contributed by atoms with E-state index in [9.17, 15) is 18.0 Å². The lowest BCUT2D eigenvalue weighted by Gasteiger charge is -2.32. The molecular weight excluding hydrogens is 430 g/mol. The van der Waals surface area contributed by atoms with Gasteiger partial charge in [0.25, 0.3) is 15.9 Å². The Morgan fingerprint density at radius 3 is 2.53 bits per heavy atom. The summed E-state index contributed by atoms with van der Waals surface area (Å²) >= 11 is 0. The third-order valence-electron chi connectivity index (χ3n) is 5.50. The Hall–Kier alpha value is -3.07. The summed E-state index contributed by atoms with van der Waals surface area (Å²) in [7, 11) is -2.37. The number of amides is 2. The van der Waals surface area contributed by atoms with Crippen molar-refractivity contribution < 1.29 is 22.7 Å². The van der Waals surface area contributed by atoms with Crippen molar-refractivity contribution in [2.45, 2.75) is 31.6 Å². The van der Waals surface area contributed by atoms with Gasteiger partial charge in [0.2, 0.25) is 5.91 Å². The van der Waals surface area contributed by atoms with Crippen LogP contribution in [-0.4, -0.2) is 51.9 Å². The number of nitrogens with zero attached hydrogens (tertiary/aromatic N) is 1. The van der Waals surface area contributed by atoms with Crippen molar-refractivity contribution in [1.82, 2.24) is 10.2 Å². The number of anilines is 1. The van der Waals surface area contributed by atoms with E-state index in [2.05, 4.69) is 10.0 Å². The molecule has 1 unspecified atom stereocenters. The second-order valence-electron chi connectivity index (χ2n) is 7.80. The molecule has 172 valence electrons. The normalized spacial score (nSPS) is 16.3. The Morgan fingerprint density at radius 1 is 1.16 bits per heavy atom. The van der Waals surface area contributed by atoms with E-state index in [0.29, 0.717) is 36.6 Å². The molecule has 2 N–H and O–H groups in total. The Kier molecular flexibility index (Phi) is 7.40. The Morgan fingerprint density at radius 2 is 1.88 bits per heavy atom. The molecule has 1 fully saturated rings. The number of nitrogens with one attached hydrogen (secondary N) is 2. The van der Waals surface area contributed by atoms with Crippen molar-refractivity contribution in [3.63, 3.8) is 0 Å². The van der Waals surface area contributed by atoms with Crippen LogP contribution in [0.4, 0.5) is 5.69 Å². The summed E-state index contributed by atoms with van der Waals surface area (Å²) in [5.41, 5.74) is 1.20. The number of hydrogen-bond acceptors (Lipinski definition) is 5. The zero-order valence-corrected chi connectivity index (χ0v) is 19.4. The smallest absolute Gasteiger partial charge is 0.262 e. The molecule has 0 spiro atoms. The minimum atomic E-state index is -3.91. The molecule has 32 heavy (non-hydrogen) atoms. The van der Waals surface area contributed by atoms with Crippen molar-refractivity contribution in [1.29, 1.82) is 0 Å². The third-order valence-corrected chi connectivity index (χ3v) is 7.02. The number of carbonyl (C=O) groups excluding carboxylic acids is 2. The van der Waals surface area contributed by atoms with E-state index in [1.807, 2.05) is 6.92 Å². The van der Waals surface area contributed by atoms with Crippen LogP contribution in [0.2, 0.25) is 0 Å². The monoisotopic (exact) mass is 459 g/mol. The molecule has 3 rings (SSSR count). The van der Waals surface area contributed by atoms with E-state index in [0.717, 1.165) is 12.8 Å². The maximum absolute atomic E-state index is 13.1. The zero-order valence-electron chi connectivity index (χ0n) is 18.6. The van der Waals surface area contributed by atoms with Crippen molar-refractivity contribution in [2.24, 2.45) is 5.92 Å². The molecule has 0 aliphatic carbocycles. The standard InChI is InChI=1S/C23H29N3O5S/c1-4-24-22(27)18-6-5-13-26(15-18)23(28)17-8-7-16(2)21(14-17)32(29,30)25-19-9-11-20(31-3)12-10-19/h7-12,14,18,25H,4-6,13,15H2,1-3H3,(H,24,27). The summed E-state index contributed by atoms with van der Waals surface area (Å²) in [6.45, 7) is 4.95. The highest BCUT2D eigenvalue weighted by Gasteiger charge is 2.29. The van der Waals surface area contributed by atoms with Gasteiger partial charge in [0.05, 0.1) is 17.9 Å². The van der Waals surface area contributed by atoms with Crippen LogP contribution in [0.5, 0.6) is 5.75 Å². The predicted molar refractivity (Wildman–Crippen MR) is 122 cm³/mol. The van der Waals surface area contributed by atoms with E-state index in [1.165, 1.54) is 13.2 Å². The van der Waals surface area contributed by atoms with Gasteiger partial charge in [-0.3, -0.25) is 14.3 Å². The summed E-state index contributed by atoms with van der Waals surface area (Å²) < 4.78 is 33.7. The molecule has 1 atom stereocenters. The lowest BCUT2D eigenvalue weighted by atomic mass is 9.96. The largest absolute Gasteiger partial charge is 0.497 e. The fourth-order valence-corrected chi connectivity index (χ4v) is 5.10. The van der Waals surface area contributed by atoms with Crippen LogP contribution in [0.25, 0.3) is 0 Å². The Bertz CT molecular complexity index is 1080. The SMILES string of the molecule is CCNC(=O)C1CCCN(C(=O)c2ccc(C)c(S(=O)(=O)Nc3ccc(OC)cc3)c2)C1. The van der Waals surface area contributed by atoms with Gasteiger partial charge in [-0.15, -0.1) is 0 Å². The van der Waals surface area contributed by atoms with Crippen LogP contribution in [0.15, 0.2) is 47.4 Å². The van der Waals surface area contributed by atoms with Gasteiger partial charge in [0.15, 0.2) is 0 Å². The first-order valence-electron chi connectivity index (χ1n) is 10.6. The van der Waals surface area contributed by atoms with Gasteiger partial charge in [0, 0.05) is 30.9 Å². The number of aryl methyl sites for hydroxylation is 1. The van der Waals surface area contributed by atoms with E-state index >= 15 is 0 Å². The lowest BCUT2D eigenvalue weighted by Crippen LogP contribution is -2.45. The van der Waals surface area contributed by atoms with Crippen molar-refractivity contribution in [2.75, 3.05) is 31.5 Å². The van der Waals surface area contributed by atoms with Gasteiger partial charge in [-0.25, -0.2) is 8.42 Å². The molecule has 2 aromatic rings. The van der Waals surface area contributed by atoms with Gasteiger partial charge in [-0.2, -0.15) is 0 Å². The molecule has 1 heterocycles. The quantitative estimate of drug-likeness (QED) is 0.663. The van der Waals surface area contributed by atoms with E-state index < -0.39 is 10.0 Å². The first kappa shape index (κ1) is 23.6. The number of ether oxygens (including phenoxy) is 1. The fourth-order valence-electron chi connectivity index (χ4n) is 3.77. The number of benzene rings is 2. The van der Waals surface area contributed by atoms with Crippen LogP contribution < -0.4 is 14.8 Å². The fraction of sp³-hybridized carbons (Fsp3) is 0.391. The van der Waals surface area contributed by atoms with Gasteiger partial charge in [-0.05, 0) is 68.7 Å². The lowest BCUT2D eigenvalue weighted by molar-refractivity contribution is -0.126. The third kappa shape index (κ3) is 5.40. The average molecular weight is 460 g/mol. The van der Waals surface area contributed by atoms with Gasteiger partial charge in [-0.1, -0.05) is 6.07 Å². The number of piperidine rings is 1. The van der Waals surface area contributed by atoms with Crippen molar-refractivity contribution >= 4 is 27.5 Å². The summed E-state index contributed by atoms with van der Waals surface area (Å²) in [6.07, 6.45) is 1.46. The molecule has 0 bridgehead atoms. The molecule has 0 aromatic heterocycles. The van der Waals surface area contributed by atoms with Crippen LogP contribution >= 0.6 is 0 Å².